The zero-order valence-corrected chi connectivity index (χ0v) is 14.0. The lowest BCUT2D eigenvalue weighted by atomic mass is 10.1. The molecule has 0 bridgehead atoms. The number of halogens is 1. The van der Waals surface area contributed by atoms with Crippen molar-refractivity contribution in [1.82, 2.24) is 10.6 Å². The van der Waals surface area contributed by atoms with Crippen LogP contribution in [-0.2, 0) is 12.8 Å². The first-order valence-electron chi connectivity index (χ1n) is 7.93. The predicted molar refractivity (Wildman–Crippen MR) is 97.0 cm³/mol. The number of benzene rings is 2. The van der Waals surface area contributed by atoms with Gasteiger partial charge in [0.2, 0.25) is 0 Å². The maximum absolute atomic E-state index is 13.1. The highest BCUT2D eigenvalue weighted by molar-refractivity contribution is 7.17. The fraction of sp³-hybridized carbons (Fsp3) is 0.211. The van der Waals surface area contributed by atoms with Crippen LogP contribution >= 0.6 is 11.3 Å². The van der Waals surface area contributed by atoms with Crippen LogP contribution in [0.15, 0.2) is 53.9 Å². The molecule has 124 valence electrons. The minimum absolute atomic E-state index is 0.189. The molecule has 3 nitrogen and oxygen atoms in total. The number of rotatable bonds is 6. The molecule has 0 aliphatic carbocycles. The summed E-state index contributed by atoms with van der Waals surface area (Å²) in [4.78, 5) is 11.8. The molecule has 0 saturated heterocycles. The molecule has 1 heterocycles. The highest BCUT2D eigenvalue weighted by Gasteiger charge is 2.04. The average Bonchev–Trinajstić information content (AvgIpc) is 2.98. The molecule has 1 aromatic heterocycles. The van der Waals surface area contributed by atoms with Gasteiger partial charge < -0.3 is 10.6 Å². The average molecular weight is 342 g/mol. The monoisotopic (exact) mass is 342 g/mol. The molecule has 3 rings (SSSR count). The van der Waals surface area contributed by atoms with Crippen molar-refractivity contribution in [2.45, 2.75) is 12.8 Å². The smallest absolute Gasteiger partial charge is 0.314 e. The Kier molecular flexibility index (Phi) is 5.43. The lowest BCUT2D eigenvalue weighted by molar-refractivity contribution is 0.241. The molecule has 0 radical (unpaired) electrons. The topological polar surface area (TPSA) is 41.1 Å². The van der Waals surface area contributed by atoms with Crippen molar-refractivity contribution < 1.29 is 9.18 Å². The summed E-state index contributed by atoms with van der Waals surface area (Å²) in [5, 5.41) is 9.07. The number of fused-ring (bicyclic) bond motifs is 1. The highest BCUT2D eigenvalue weighted by atomic mass is 32.1. The van der Waals surface area contributed by atoms with Crippen molar-refractivity contribution in [2.75, 3.05) is 13.1 Å². The summed E-state index contributed by atoms with van der Waals surface area (Å²) in [6, 6.07) is 14.5. The Labute approximate surface area is 144 Å². The third-order valence-electron chi connectivity index (χ3n) is 3.83. The van der Waals surface area contributed by atoms with E-state index in [0.717, 1.165) is 12.0 Å². The molecule has 3 aromatic rings. The van der Waals surface area contributed by atoms with Gasteiger partial charge in [0.15, 0.2) is 0 Å². The second-order valence-electron chi connectivity index (χ2n) is 5.57. The minimum Gasteiger partial charge on any atom is -0.338 e. The summed E-state index contributed by atoms with van der Waals surface area (Å²) in [6.07, 6.45) is 1.42. The van der Waals surface area contributed by atoms with Gasteiger partial charge in [0.05, 0.1) is 0 Å². The summed E-state index contributed by atoms with van der Waals surface area (Å²) >= 11 is 1.73. The second-order valence-corrected chi connectivity index (χ2v) is 6.48. The molecule has 2 amide bonds. The Balaban J connectivity index is 1.40. The maximum atomic E-state index is 13.1. The fourth-order valence-corrected chi connectivity index (χ4v) is 3.61. The molecule has 5 heteroatoms. The van der Waals surface area contributed by atoms with Gasteiger partial charge in [0.1, 0.15) is 5.82 Å². The van der Waals surface area contributed by atoms with Crippen molar-refractivity contribution in [1.29, 1.82) is 0 Å². The Morgan fingerprint density at radius 3 is 2.62 bits per heavy atom. The van der Waals surface area contributed by atoms with Crippen LogP contribution in [0.5, 0.6) is 0 Å². The number of hydrogen-bond donors (Lipinski definition) is 2. The number of nitrogens with one attached hydrogen (secondary N) is 2. The number of carbonyl (C=O) groups excluding carboxylic acids is 1. The fourth-order valence-electron chi connectivity index (χ4n) is 2.61. The van der Waals surface area contributed by atoms with E-state index in [2.05, 4.69) is 28.1 Å². The van der Waals surface area contributed by atoms with Crippen LogP contribution in [0.1, 0.15) is 11.1 Å². The first-order valence-corrected chi connectivity index (χ1v) is 8.81. The molecule has 2 N–H and O–H groups in total. The predicted octanol–water partition coefficient (Wildman–Crippen LogP) is 4.12. The Bertz CT molecular complexity index is 831. The van der Waals surface area contributed by atoms with Crippen LogP contribution in [0.3, 0.4) is 0 Å². The standard InChI is InChI=1S/C19H19FN2OS/c20-16-5-3-4-14(12-16)8-10-21-19(23)22-11-9-15-13-24-18-7-2-1-6-17(15)18/h1-7,12-13H,8-11H2,(H2,21,22,23). The van der Waals surface area contributed by atoms with Crippen LogP contribution in [0.25, 0.3) is 10.1 Å². The van der Waals surface area contributed by atoms with Gasteiger partial charge >= 0.3 is 6.03 Å². The zero-order chi connectivity index (χ0) is 16.8. The van der Waals surface area contributed by atoms with Crippen molar-refractivity contribution in [3.05, 3.63) is 70.9 Å². The van der Waals surface area contributed by atoms with E-state index >= 15 is 0 Å². The SMILES string of the molecule is O=C(NCCc1cccc(F)c1)NCCc1csc2ccccc12. The first kappa shape index (κ1) is 16.5. The number of urea groups is 1. The van der Waals surface area contributed by atoms with Crippen LogP contribution in [0.2, 0.25) is 0 Å². The van der Waals surface area contributed by atoms with Gasteiger partial charge in [0.25, 0.3) is 0 Å². The molecular formula is C19H19FN2OS. The Morgan fingerprint density at radius 2 is 1.79 bits per heavy atom. The van der Waals surface area contributed by atoms with Gasteiger partial charge in [-0.3, -0.25) is 0 Å². The molecule has 24 heavy (non-hydrogen) atoms. The van der Waals surface area contributed by atoms with Gasteiger partial charge in [-0.05, 0) is 52.9 Å². The van der Waals surface area contributed by atoms with E-state index < -0.39 is 0 Å². The van der Waals surface area contributed by atoms with Crippen molar-refractivity contribution >= 4 is 27.5 Å². The maximum Gasteiger partial charge on any atom is 0.314 e. The Hall–Kier alpha value is -2.40. The summed E-state index contributed by atoms with van der Waals surface area (Å²) in [5.74, 6) is -0.250. The van der Waals surface area contributed by atoms with E-state index in [9.17, 15) is 9.18 Å². The Morgan fingerprint density at radius 1 is 1.00 bits per heavy atom. The molecule has 0 unspecified atom stereocenters. The molecule has 2 aromatic carbocycles. The summed E-state index contributed by atoms with van der Waals surface area (Å²) in [6.45, 7) is 1.07. The summed E-state index contributed by atoms with van der Waals surface area (Å²) in [5.41, 5.74) is 2.13. The van der Waals surface area contributed by atoms with Crippen LogP contribution < -0.4 is 10.6 Å². The highest BCUT2D eigenvalue weighted by Crippen LogP contribution is 2.25. The number of thiophene rings is 1. The van der Waals surface area contributed by atoms with Gasteiger partial charge in [-0.1, -0.05) is 30.3 Å². The molecule has 0 aliphatic heterocycles. The third kappa shape index (κ3) is 4.32. The van der Waals surface area contributed by atoms with Crippen LogP contribution in [0, 0.1) is 5.82 Å². The molecule has 0 aliphatic rings. The van der Waals surface area contributed by atoms with Gasteiger partial charge in [0, 0.05) is 17.8 Å². The third-order valence-corrected chi connectivity index (χ3v) is 4.84. The molecule has 0 saturated carbocycles. The number of hydrogen-bond acceptors (Lipinski definition) is 2. The largest absolute Gasteiger partial charge is 0.338 e. The normalized spacial score (nSPS) is 10.7. The zero-order valence-electron chi connectivity index (χ0n) is 13.2. The van der Waals surface area contributed by atoms with E-state index in [0.29, 0.717) is 19.5 Å². The minimum atomic E-state index is -0.250. The van der Waals surface area contributed by atoms with Gasteiger partial charge in [-0.2, -0.15) is 0 Å². The van der Waals surface area contributed by atoms with E-state index in [1.165, 1.54) is 27.8 Å². The number of amides is 2. The first-order chi connectivity index (χ1) is 11.7. The number of carbonyl (C=O) groups is 1. The van der Waals surface area contributed by atoms with Crippen molar-refractivity contribution in [2.24, 2.45) is 0 Å². The lowest BCUT2D eigenvalue weighted by Gasteiger charge is -2.07. The molecular weight excluding hydrogens is 323 g/mol. The van der Waals surface area contributed by atoms with Crippen molar-refractivity contribution in [3.63, 3.8) is 0 Å². The summed E-state index contributed by atoms with van der Waals surface area (Å²) < 4.78 is 14.3. The van der Waals surface area contributed by atoms with E-state index in [1.807, 2.05) is 18.2 Å². The lowest BCUT2D eigenvalue weighted by Crippen LogP contribution is -2.37. The molecule has 0 spiro atoms. The van der Waals surface area contributed by atoms with E-state index in [1.54, 1.807) is 17.4 Å². The van der Waals surface area contributed by atoms with Crippen molar-refractivity contribution in [3.8, 4) is 0 Å². The van der Waals surface area contributed by atoms with Gasteiger partial charge in [-0.15, -0.1) is 11.3 Å². The molecule has 0 fully saturated rings. The van der Waals surface area contributed by atoms with E-state index in [4.69, 9.17) is 0 Å². The summed E-state index contributed by atoms with van der Waals surface area (Å²) in [7, 11) is 0. The quantitative estimate of drug-likeness (QED) is 0.695. The second kappa shape index (κ2) is 7.93. The van der Waals surface area contributed by atoms with E-state index in [-0.39, 0.29) is 11.8 Å². The van der Waals surface area contributed by atoms with Crippen LogP contribution in [-0.4, -0.2) is 19.1 Å². The van der Waals surface area contributed by atoms with Gasteiger partial charge in [-0.25, -0.2) is 9.18 Å². The molecule has 0 atom stereocenters. The van der Waals surface area contributed by atoms with Crippen LogP contribution in [0.4, 0.5) is 9.18 Å².